The largest absolute Gasteiger partial charge is 0.469 e. The maximum absolute atomic E-state index is 12.1. The normalized spacial score (nSPS) is 11.6. The fourth-order valence-electron chi connectivity index (χ4n) is 2.23. The Labute approximate surface area is 139 Å². The predicted octanol–water partition coefficient (Wildman–Crippen LogP) is 2.82. The van der Waals surface area contributed by atoms with E-state index in [0.29, 0.717) is 16.9 Å². The highest BCUT2D eigenvalue weighted by Gasteiger charge is 2.16. The van der Waals surface area contributed by atoms with Crippen molar-refractivity contribution in [2.45, 2.75) is 26.8 Å². The van der Waals surface area contributed by atoms with Gasteiger partial charge in [0.1, 0.15) is 11.3 Å². The van der Waals surface area contributed by atoms with Crippen molar-refractivity contribution in [2.75, 3.05) is 6.61 Å². The van der Waals surface area contributed by atoms with Gasteiger partial charge in [-0.1, -0.05) is 24.3 Å². The second-order valence-corrected chi connectivity index (χ2v) is 5.43. The van der Waals surface area contributed by atoms with Gasteiger partial charge in [-0.15, -0.1) is 0 Å². The van der Waals surface area contributed by atoms with Crippen LogP contribution < -0.4 is 5.32 Å². The molecule has 126 valence electrons. The van der Waals surface area contributed by atoms with Crippen molar-refractivity contribution < 1.29 is 23.5 Å². The molecular weight excluding hydrogens is 310 g/mol. The van der Waals surface area contributed by atoms with Gasteiger partial charge in [0.05, 0.1) is 12.3 Å². The minimum absolute atomic E-state index is 0.121. The Hall–Kier alpha value is -2.89. The molecule has 2 rings (SSSR count). The van der Waals surface area contributed by atoms with E-state index in [2.05, 4.69) is 5.32 Å². The Morgan fingerprint density at radius 3 is 2.38 bits per heavy atom. The molecular formula is C18H19NO5. The highest BCUT2D eigenvalue weighted by molar-refractivity contribution is 5.99. The molecule has 1 atom stereocenters. The zero-order valence-corrected chi connectivity index (χ0v) is 13.8. The molecule has 1 heterocycles. The number of hydrogen-bond acceptors (Lipinski definition) is 5. The fourth-order valence-corrected chi connectivity index (χ4v) is 2.23. The van der Waals surface area contributed by atoms with Gasteiger partial charge in [0.15, 0.2) is 12.4 Å². The average Bonchev–Trinajstić information content (AvgIpc) is 2.98. The number of hydrogen-bond donors (Lipinski definition) is 1. The van der Waals surface area contributed by atoms with Crippen LogP contribution in [-0.2, 0) is 9.53 Å². The third kappa shape index (κ3) is 4.32. The quantitative estimate of drug-likeness (QED) is 0.650. The molecule has 0 fully saturated rings. The van der Waals surface area contributed by atoms with Gasteiger partial charge in [0, 0.05) is 12.5 Å². The summed E-state index contributed by atoms with van der Waals surface area (Å²) in [6.07, 6.45) is 1.39. The average molecular weight is 329 g/mol. The Bertz CT molecular complexity index is 745. The van der Waals surface area contributed by atoms with Crippen LogP contribution in [-0.4, -0.2) is 24.3 Å². The maximum atomic E-state index is 12.1. The van der Waals surface area contributed by atoms with Gasteiger partial charge in [-0.25, -0.2) is 4.79 Å². The molecule has 0 aliphatic carbocycles. The first-order valence-corrected chi connectivity index (χ1v) is 7.50. The van der Waals surface area contributed by atoms with Gasteiger partial charge < -0.3 is 14.5 Å². The number of amides is 1. The summed E-state index contributed by atoms with van der Waals surface area (Å²) in [6, 6.07) is 8.17. The number of ketones is 1. The SMILES string of the molecule is CC(=O)N[C@@H](C)c1ccc(C(=O)COC(=O)c2ccoc2C)cc1. The van der Waals surface area contributed by atoms with E-state index < -0.39 is 5.97 Å². The third-order valence-electron chi connectivity index (χ3n) is 3.57. The molecule has 2 aromatic rings. The standard InChI is InChI=1S/C18H19NO5/c1-11(19-13(3)20)14-4-6-15(7-5-14)17(21)10-24-18(22)16-8-9-23-12(16)2/h4-9,11H,10H2,1-3H3,(H,19,20)/t11-/m0/s1. The van der Waals surface area contributed by atoms with Gasteiger partial charge >= 0.3 is 5.97 Å². The molecule has 0 unspecified atom stereocenters. The Morgan fingerprint density at radius 1 is 1.17 bits per heavy atom. The van der Waals surface area contributed by atoms with Crippen LogP contribution in [0, 0.1) is 6.92 Å². The lowest BCUT2D eigenvalue weighted by atomic mass is 10.0. The van der Waals surface area contributed by atoms with Crippen molar-refractivity contribution in [1.29, 1.82) is 0 Å². The lowest BCUT2D eigenvalue weighted by molar-refractivity contribution is -0.119. The molecule has 0 aliphatic heterocycles. The van der Waals surface area contributed by atoms with E-state index >= 15 is 0 Å². The number of esters is 1. The number of ether oxygens (including phenoxy) is 1. The van der Waals surface area contributed by atoms with E-state index in [9.17, 15) is 14.4 Å². The molecule has 1 aromatic heterocycles. The van der Waals surface area contributed by atoms with Gasteiger partial charge in [-0.05, 0) is 25.5 Å². The number of rotatable bonds is 6. The van der Waals surface area contributed by atoms with E-state index in [4.69, 9.17) is 9.15 Å². The minimum Gasteiger partial charge on any atom is -0.469 e. The second-order valence-electron chi connectivity index (χ2n) is 5.43. The smallest absolute Gasteiger partial charge is 0.342 e. The van der Waals surface area contributed by atoms with E-state index in [1.54, 1.807) is 31.2 Å². The second kappa shape index (κ2) is 7.59. The summed E-state index contributed by atoms with van der Waals surface area (Å²) in [5.74, 6) is -0.568. The summed E-state index contributed by atoms with van der Waals surface area (Å²) < 4.78 is 10.0. The van der Waals surface area contributed by atoms with Crippen LogP contribution in [0.3, 0.4) is 0 Å². The lowest BCUT2D eigenvalue weighted by Gasteiger charge is -2.13. The van der Waals surface area contributed by atoms with Crippen LogP contribution in [0.4, 0.5) is 0 Å². The van der Waals surface area contributed by atoms with Crippen LogP contribution in [0.2, 0.25) is 0 Å². The summed E-state index contributed by atoms with van der Waals surface area (Å²) in [5.41, 5.74) is 1.63. The topological polar surface area (TPSA) is 85.6 Å². The molecule has 0 spiro atoms. The summed E-state index contributed by atoms with van der Waals surface area (Å²) in [6.45, 7) is 4.61. The molecule has 0 bridgehead atoms. The molecule has 1 amide bonds. The molecule has 1 aromatic carbocycles. The summed E-state index contributed by atoms with van der Waals surface area (Å²) in [5, 5.41) is 2.77. The summed E-state index contributed by atoms with van der Waals surface area (Å²) in [4.78, 5) is 35.0. The highest BCUT2D eigenvalue weighted by Crippen LogP contribution is 2.14. The van der Waals surface area contributed by atoms with Gasteiger partial charge in [-0.3, -0.25) is 9.59 Å². The Balaban J connectivity index is 1.94. The van der Waals surface area contributed by atoms with E-state index in [1.807, 2.05) is 6.92 Å². The molecule has 0 saturated heterocycles. The third-order valence-corrected chi connectivity index (χ3v) is 3.57. The number of carbonyl (C=O) groups excluding carboxylic acids is 3. The van der Waals surface area contributed by atoms with Crippen LogP contribution >= 0.6 is 0 Å². The van der Waals surface area contributed by atoms with E-state index in [-0.39, 0.29) is 24.3 Å². The van der Waals surface area contributed by atoms with Crippen molar-refractivity contribution in [3.8, 4) is 0 Å². The van der Waals surface area contributed by atoms with Crippen LogP contribution in [0.1, 0.15) is 51.9 Å². The van der Waals surface area contributed by atoms with Gasteiger partial charge in [-0.2, -0.15) is 0 Å². The molecule has 6 heteroatoms. The fraction of sp³-hybridized carbons (Fsp3) is 0.278. The van der Waals surface area contributed by atoms with Crippen molar-refractivity contribution in [3.63, 3.8) is 0 Å². The van der Waals surface area contributed by atoms with Gasteiger partial charge in [0.2, 0.25) is 5.91 Å². The number of furan rings is 1. The molecule has 0 aliphatic rings. The predicted molar refractivity (Wildman–Crippen MR) is 86.7 cm³/mol. The van der Waals surface area contributed by atoms with E-state index in [1.165, 1.54) is 19.3 Å². The molecule has 24 heavy (non-hydrogen) atoms. The minimum atomic E-state index is -0.592. The van der Waals surface area contributed by atoms with Crippen LogP contribution in [0.5, 0.6) is 0 Å². The van der Waals surface area contributed by atoms with Crippen molar-refractivity contribution in [2.24, 2.45) is 0 Å². The zero-order valence-electron chi connectivity index (χ0n) is 13.8. The zero-order chi connectivity index (χ0) is 17.7. The number of nitrogens with one attached hydrogen (secondary N) is 1. The van der Waals surface area contributed by atoms with Crippen LogP contribution in [0.25, 0.3) is 0 Å². The van der Waals surface area contributed by atoms with Crippen LogP contribution in [0.15, 0.2) is 41.0 Å². The first-order chi connectivity index (χ1) is 11.4. The molecule has 0 saturated carbocycles. The first kappa shape index (κ1) is 17.5. The molecule has 6 nitrogen and oxygen atoms in total. The summed E-state index contributed by atoms with van der Waals surface area (Å²) >= 11 is 0. The highest BCUT2D eigenvalue weighted by atomic mass is 16.5. The monoisotopic (exact) mass is 329 g/mol. The van der Waals surface area contributed by atoms with E-state index in [0.717, 1.165) is 5.56 Å². The molecule has 0 radical (unpaired) electrons. The van der Waals surface area contributed by atoms with Gasteiger partial charge in [0.25, 0.3) is 0 Å². The van der Waals surface area contributed by atoms with Crippen molar-refractivity contribution in [1.82, 2.24) is 5.32 Å². The number of carbonyl (C=O) groups is 3. The Morgan fingerprint density at radius 2 is 1.83 bits per heavy atom. The summed E-state index contributed by atoms with van der Waals surface area (Å²) in [7, 11) is 0. The number of aryl methyl sites for hydroxylation is 1. The number of Topliss-reactive ketones (excluding diaryl/α,β-unsaturated/α-hetero) is 1. The molecule has 1 N–H and O–H groups in total. The Kier molecular flexibility index (Phi) is 5.52. The van der Waals surface area contributed by atoms with Crippen molar-refractivity contribution >= 4 is 17.7 Å². The van der Waals surface area contributed by atoms with Crippen molar-refractivity contribution in [3.05, 3.63) is 59.0 Å². The first-order valence-electron chi connectivity index (χ1n) is 7.50. The lowest BCUT2D eigenvalue weighted by Crippen LogP contribution is -2.23. The maximum Gasteiger partial charge on any atom is 0.342 e. The number of benzene rings is 1.